The molecule has 0 aromatic heterocycles. The van der Waals surface area contributed by atoms with Gasteiger partial charge in [0.1, 0.15) is 29.2 Å². The lowest BCUT2D eigenvalue weighted by molar-refractivity contribution is -0.120. The van der Waals surface area contributed by atoms with Gasteiger partial charge in [-0.1, -0.05) is 16.8 Å². The highest BCUT2D eigenvalue weighted by molar-refractivity contribution is 6.30. The molecular formula is C18H15ClF3N3O3. The second-order valence-electron chi connectivity index (χ2n) is 6.05. The van der Waals surface area contributed by atoms with Gasteiger partial charge < -0.3 is 20.6 Å². The van der Waals surface area contributed by atoms with E-state index in [-0.39, 0.29) is 34.3 Å². The summed E-state index contributed by atoms with van der Waals surface area (Å²) in [5, 5.41) is 17.4. The normalized spacial score (nSPS) is 19.5. The molecule has 1 fully saturated rings. The third kappa shape index (κ3) is 3.70. The number of ether oxygens (including phenoxy) is 1. The van der Waals surface area contributed by atoms with Crippen LogP contribution >= 0.6 is 11.6 Å². The molecule has 0 bridgehead atoms. The molecule has 3 N–H and O–H groups in total. The quantitative estimate of drug-likeness (QED) is 0.311. The van der Waals surface area contributed by atoms with Crippen molar-refractivity contribution in [2.45, 2.75) is 12.0 Å². The summed E-state index contributed by atoms with van der Waals surface area (Å²) in [6, 6.07) is 4.39. The van der Waals surface area contributed by atoms with Crippen molar-refractivity contribution in [3.63, 3.8) is 0 Å². The molecule has 28 heavy (non-hydrogen) atoms. The van der Waals surface area contributed by atoms with E-state index in [2.05, 4.69) is 15.8 Å². The second kappa shape index (κ2) is 7.97. The zero-order valence-corrected chi connectivity index (χ0v) is 15.2. The average Bonchev–Trinajstić information content (AvgIpc) is 3.00. The zero-order chi connectivity index (χ0) is 20.4. The summed E-state index contributed by atoms with van der Waals surface area (Å²) in [6.07, 6.45) is 0. The van der Waals surface area contributed by atoms with Gasteiger partial charge in [-0.05, 0) is 18.2 Å². The smallest absolute Gasteiger partial charge is 0.243 e. The van der Waals surface area contributed by atoms with Gasteiger partial charge in [0.2, 0.25) is 5.91 Å². The number of benzene rings is 2. The predicted octanol–water partition coefficient (Wildman–Crippen LogP) is 2.77. The predicted molar refractivity (Wildman–Crippen MR) is 95.3 cm³/mol. The van der Waals surface area contributed by atoms with E-state index < -0.39 is 35.3 Å². The Balaban J connectivity index is 1.95. The van der Waals surface area contributed by atoms with Gasteiger partial charge in [0, 0.05) is 35.2 Å². The van der Waals surface area contributed by atoms with Crippen LogP contribution in [0.4, 0.5) is 13.2 Å². The van der Waals surface area contributed by atoms with Crippen LogP contribution in [0.5, 0.6) is 5.75 Å². The molecule has 1 aliphatic rings. The molecule has 1 unspecified atom stereocenters. The highest BCUT2D eigenvalue weighted by Gasteiger charge is 2.40. The van der Waals surface area contributed by atoms with E-state index in [0.29, 0.717) is 0 Å². The SMILES string of the molecule is COc1cc(F)c([C@@H]2CNC(=O)C2N/C(=N/O)c2ccc(Cl)cc2F)c(F)c1. The van der Waals surface area contributed by atoms with Crippen LogP contribution in [0.3, 0.4) is 0 Å². The third-order valence-electron chi connectivity index (χ3n) is 4.42. The van der Waals surface area contributed by atoms with Gasteiger partial charge in [-0.2, -0.15) is 0 Å². The van der Waals surface area contributed by atoms with Gasteiger partial charge in [-0.3, -0.25) is 4.79 Å². The number of hydrogen-bond acceptors (Lipinski definition) is 4. The molecule has 148 valence electrons. The molecule has 3 rings (SSSR count). The summed E-state index contributed by atoms with van der Waals surface area (Å²) in [5.74, 6) is -4.56. The van der Waals surface area contributed by atoms with E-state index in [1.54, 1.807) is 0 Å². The van der Waals surface area contributed by atoms with Crippen molar-refractivity contribution in [2.75, 3.05) is 13.7 Å². The number of carbonyl (C=O) groups excluding carboxylic acids is 1. The van der Waals surface area contributed by atoms with Crippen molar-refractivity contribution in [3.8, 4) is 5.75 Å². The molecule has 2 aromatic carbocycles. The maximum Gasteiger partial charge on any atom is 0.243 e. The van der Waals surface area contributed by atoms with Crippen LogP contribution in [0.25, 0.3) is 0 Å². The molecule has 1 amide bonds. The molecule has 0 radical (unpaired) electrons. The first-order valence-corrected chi connectivity index (χ1v) is 8.48. The molecule has 6 nitrogen and oxygen atoms in total. The summed E-state index contributed by atoms with van der Waals surface area (Å²) >= 11 is 5.70. The highest BCUT2D eigenvalue weighted by atomic mass is 35.5. The van der Waals surface area contributed by atoms with Crippen molar-refractivity contribution in [1.29, 1.82) is 0 Å². The Morgan fingerprint density at radius 2 is 1.93 bits per heavy atom. The third-order valence-corrected chi connectivity index (χ3v) is 4.65. The number of nitrogens with one attached hydrogen (secondary N) is 2. The molecule has 10 heteroatoms. The number of oxime groups is 1. The van der Waals surface area contributed by atoms with Crippen molar-refractivity contribution in [2.24, 2.45) is 5.16 Å². The Labute approximate surface area is 162 Å². The van der Waals surface area contributed by atoms with Crippen LogP contribution in [-0.4, -0.2) is 36.6 Å². The van der Waals surface area contributed by atoms with Crippen molar-refractivity contribution in [3.05, 3.63) is 63.9 Å². The topological polar surface area (TPSA) is 83.0 Å². The lowest BCUT2D eigenvalue weighted by Crippen LogP contribution is -2.43. The largest absolute Gasteiger partial charge is 0.497 e. The maximum absolute atomic E-state index is 14.5. The number of methoxy groups -OCH3 is 1. The van der Waals surface area contributed by atoms with Crippen LogP contribution in [0, 0.1) is 17.5 Å². The average molecular weight is 414 g/mol. The monoisotopic (exact) mass is 413 g/mol. The van der Waals surface area contributed by atoms with Gasteiger partial charge in [0.05, 0.1) is 12.7 Å². The van der Waals surface area contributed by atoms with E-state index in [1.165, 1.54) is 19.2 Å². The molecule has 2 aromatic rings. The summed E-state index contributed by atoms with van der Waals surface area (Å²) in [7, 11) is 1.27. The summed E-state index contributed by atoms with van der Waals surface area (Å²) < 4.78 is 47.9. The van der Waals surface area contributed by atoms with E-state index in [9.17, 15) is 23.2 Å². The number of amidine groups is 1. The van der Waals surface area contributed by atoms with Crippen molar-refractivity contribution < 1.29 is 27.9 Å². The van der Waals surface area contributed by atoms with E-state index in [4.69, 9.17) is 16.3 Å². The maximum atomic E-state index is 14.5. The van der Waals surface area contributed by atoms with E-state index in [0.717, 1.165) is 18.2 Å². The Morgan fingerprint density at radius 1 is 1.25 bits per heavy atom. The van der Waals surface area contributed by atoms with Crippen LogP contribution in [0.15, 0.2) is 35.5 Å². The number of hydrogen-bond donors (Lipinski definition) is 3. The van der Waals surface area contributed by atoms with E-state index >= 15 is 0 Å². The number of amides is 1. The highest BCUT2D eigenvalue weighted by Crippen LogP contribution is 2.31. The first-order valence-electron chi connectivity index (χ1n) is 8.10. The standard InChI is InChI=1S/C18H15ClF3N3O3/c1-28-9-5-13(21)15(14(22)6-9)11-7-23-18(26)16(11)24-17(25-27)10-3-2-8(19)4-12(10)20/h2-6,11,16,27H,7H2,1H3,(H,23,26)(H,24,25)/t11-,16?/m0/s1. The molecule has 1 saturated heterocycles. The Kier molecular flexibility index (Phi) is 5.64. The van der Waals surface area contributed by atoms with Gasteiger partial charge in [0.25, 0.3) is 0 Å². The minimum atomic E-state index is -1.21. The fourth-order valence-corrected chi connectivity index (χ4v) is 3.24. The summed E-state index contributed by atoms with van der Waals surface area (Å²) in [5.41, 5.74) is -0.508. The first kappa shape index (κ1) is 19.8. The number of nitrogens with zero attached hydrogens (tertiary/aromatic N) is 1. The summed E-state index contributed by atoms with van der Waals surface area (Å²) in [4.78, 5) is 12.2. The molecule has 1 aliphatic heterocycles. The van der Waals surface area contributed by atoms with Crippen LogP contribution in [0.1, 0.15) is 17.0 Å². The van der Waals surface area contributed by atoms with Gasteiger partial charge in [0.15, 0.2) is 5.84 Å². The number of rotatable bonds is 4. The van der Waals surface area contributed by atoms with Gasteiger partial charge in [-0.15, -0.1) is 0 Å². The van der Waals surface area contributed by atoms with Crippen LogP contribution in [-0.2, 0) is 4.79 Å². The number of carbonyl (C=O) groups is 1. The Hall–Kier alpha value is -2.94. The van der Waals surface area contributed by atoms with Crippen LogP contribution in [0.2, 0.25) is 5.02 Å². The molecule has 0 spiro atoms. The van der Waals surface area contributed by atoms with E-state index in [1.807, 2.05) is 0 Å². The molecule has 0 aliphatic carbocycles. The lowest BCUT2D eigenvalue weighted by Gasteiger charge is -2.21. The number of halogens is 4. The minimum absolute atomic E-state index is 0.0126. The fraction of sp³-hybridized carbons (Fsp3) is 0.222. The summed E-state index contributed by atoms with van der Waals surface area (Å²) in [6.45, 7) is -0.0710. The fourth-order valence-electron chi connectivity index (χ4n) is 3.08. The first-order chi connectivity index (χ1) is 13.3. The van der Waals surface area contributed by atoms with Crippen molar-refractivity contribution >= 4 is 23.3 Å². The molecule has 1 heterocycles. The molecule has 0 saturated carbocycles. The Morgan fingerprint density at radius 3 is 2.50 bits per heavy atom. The zero-order valence-electron chi connectivity index (χ0n) is 14.5. The van der Waals surface area contributed by atoms with Gasteiger partial charge >= 0.3 is 0 Å². The van der Waals surface area contributed by atoms with Gasteiger partial charge in [-0.25, -0.2) is 13.2 Å². The van der Waals surface area contributed by atoms with Crippen LogP contribution < -0.4 is 15.4 Å². The van der Waals surface area contributed by atoms with Crippen molar-refractivity contribution in [1.82, 2.24) is 10.6 Å². The second-order valence-corrected chi connectivity index (χ2v) is 6.49. The minimum Gasteiger partial charge on any atom is -0.497 e. The Bertz CT molecular complexity index is 932. The molecule has 2 atom stereocenters. The lowest BCUT2D eigenvalue weighted by atomic mass is 9.92. The molecular weight excluding hydrogens is 399 g/mol.